The number of hydrogen-bond acceptors (Lipinski definition) is 5. The average molecular weight is 185 g/mol. The summed E-state index contributed by atoms with van der Waals surface area (Å²) in [4.78, 5) is 30.0. The Kier molecular flexibility index (Phi) is 83.5. The molecular formula is H2FeO6P+2. The molecule has 0 fully saturated rings. The second-order valence-corrected chi connectivity index (χ2v) is 0.671. The fraction of sp³-hybridized carbons (Fsp3) is 0. The van der Waals surface area contributed by atoms with Gasteiger partial charge in [-0.25, -0.2) is 0 Å². The van der Waals surface area contributed by atoms with Gasteiger partial charge in [0.15, 0.2) is 0 Å². The maximum absolute atomic E-state index is 8.48. The van der Waals surface area contributed by atoms with Gasteiger partial charge in [-0.2, -0.15) is 0 Å². The van der Waals surface area contributed by atoms with Gasteiger partial charge in [0.25, 0.3) is 8.25 Å². The fourth-order valence-electron chi connectivity index (χ4n) is 0. The van der Waals surface area contributed by atoms with Gasteiger partial charge in [-0.3, -0.25) is 0 Å². The molecule has 8 heteroatoms. The molecule has 0 amide bonds. The minimum absolute atomic E-state index is 0. The van der Waals surface area contributed by atoms with Gasteiger partial charge in [0.2, 0.25) is 4.96 Å². The third kappa shape index (κ3) is 16000. The zero-order chi connectivity index (χ0) is 5.58. The molecule has 0 saturated carbocycles. The number of rotatable bonds is 0. The molecular weight excluding hydrogens is 183 g/mol. The van der Waals surface area contributed by atoms with Crippen LogP contribution >= 0.6 is 8.25 Å². The predicted octanol–water partition coefficient (Wildman–Crippen LogP) is -1.96. The van der Waals surface area contributed by atoms with E-state index in [4.69, 9.17) is 24.3 Å². The van der Waals surface area contributed by atoms with E-state index in [1.54, 1.807) is 0 Å². The summed E-state index contributed by atoms with van der Waals surface area (Å²) in [6.45, 7) is 0. The zero-order valence-electron chi connectivity index (χ0n) is 3.33. The Bertz CT molecular complexity index is 39.8. The molecule has 0 rings (SSSR count). The van der Waals surface area contributed by atoms with Crippen LogP contribution in [0.15, 0.2) is 0 Å². The minimum atomic E-state index is -3.37. The molecule has 0 aromatic carbocycles. The molecule has 1 radical (unpaired) electrons. The van der Waals surface area contributed by atoms with E-state index in [0.29, 0.717) is 0 Å². The fourth-order valence-corrected chi connectivity index (χ4v) is 0. The van der Waals surface area contributed by atoms with Gasteiger partial charge < -0.3 is 15.3 Å². The summed E-state index contributed by atoms with van der Waals surface area (Å²) in [7, 11) is -3.37. The third-order valence-electron chi connectivity index (χ3n) is 0. The van der Waals surface area contributed by atoms with Crippen LogP contribution in [0, 0.1) is 4.96 Å². The Labute approximate surface area is 55.9 Å². The number of hydrogen-bond donors (Lipinski definition) is 0. The van der Waals surface area contributed by atoms with Gasteiger partial charge in [-0.1, -0.05) is 4.57 Å². The quantitative estimate of drug-likeness (QED) is 0.245. The Morgan fingerprint density at radius 1 is 1.25 bits per heavy atom. The van der Waals surface area contributed by atoms with Gasteiger partial charge in [-0.15, -0.1) is 0 Å². The van der Waals surface area contributed by atoms with Crippen LogP contribution < -0.4 is 9.79 Å². The third-order valence-corrected chi connectivity index (χ3v) is 0. The molecule has 2 N–H and O–H groups in total. The summed E-state index contributed by atoms with van der Waals surface area (Å²) in [6, 6.07) is 0. The molecule has 0 saturated heterocycles. The molecule has 0 bridgehead atoms. The summed E-state index contributed by atoms with van der Waals surface area (Å²) in [5.41, 5.74) is 0. The van der Waals surface area contributed by atoms with Gasteiger partial charge in [0.1, 0.15) is 0 Å². The monoisotopic (exact) mass is 185 g/mol. The van der Waals surface area contributed by atoms with E-state index in [1.807, 2.05) is 0 Å². The van der Waals surface area contributed by atoms with Crippen LogP contribution in [-0.4, -0.2) is 10.4 Å². The molecule has 0 atom stereocenters. The van der Waals surface area contributed by atoms with Crippen molar-refractivity contribution in [3.63, 3.8) is 0 Å². The smallest absolute Gasteiger partial charge is 0.870 e. The summed E-state index contributed by atoms with van der Waals surface area (Å²) in [6.07, 6.45) is 0. The van der Waals surface area contributed by atoms with Crippen molar-refractivity contribution in [1.82, 2.24) is 0 Å². The topological polar surface area (TPSA) is 132 Å². The Balaban J connectivity index is -0.0000000183. The molecule has 8 heavy (non-hydrogen) atoms. The van der Waals surface area contributed by atoms with E-state index in [2.05, 4.69) is 0 Å². The first kappa shape index (κ1) is 24.3. The van der Waals surface area contributed by atoms with E-state index in [-0.39, 0.29) is 22.5 Å². The minimum Gasteiger partial charge on any atom is -0.870 e. The van der Waals surface area contributed by atoms with E-state index in [1.165, 1.54) is 0 Å². The van der Waals surface area contributed by atoms with Crippen LogP contribution in [0.4, 0.5) is 0 Å². The van der Waals surface area contributed by atoms with Crippen molar-refractivity contribution in [1.29, 1.82) is 0 Å². The van der Waals surface area contributed by atoms with Crippen molar-refractivity contribution in [3.05, 3.63) is 4.96 Å². The molecule has 6 nitrogen and oxygen atoms in total. The Hall–Kier alpha value is 0.0995. The van der Waals surface area contributed by atoms with E-state index >= 15 is 0 Å². The first-order chi connectivity index (χ1) is 2.73. The van der Waals surface area contributed by atoms with E-state index in [9.17, 15) is 0 Å². The maximum atomic E-state index is 8.48. The standard InChI is InChI=1S/Fe.HO3P.O2.H2O/c;1-4(2)3;1-2;/h;(H,1,2,3);;1H2/q+3;;;/p-1. The van der Waals surface area contributed by atoms with Gasteiger partial charge in [-0.05, 0) is 0 Å². The summed E-state index contributed by atoms with van der Waals surface area (Å²) in [5.74, 6) is 0. The van der Waals surface area contributed by atoms with Crippen LogP contribution in [0.25, 0.3) is 0 Å². The molecule has 0 aliphatic heterocycles. The molecule has 49 valence electrons. The van der Waals surface area contributed by atoms with Crippen LogP contribution in [-0.2, 0) is 21.6 Å². The van der Waals surface area contributed by atoms with Gasteiger partial charge in [0.05, 0.1) is 0 Å². The second kappa shape index (κ2) is 27.5. The van der Waals surface area contributed by atoms with Crippen LogP contribution in [0.2, 0.25) is 0 Å². The molecule has 0 unspecified atom stereocenters. The maximum Gasteiger partial charge on any atom is 3.00 e. The van der Waals surface area contributed by atoms with Crippen molar-refractivity contribution in [3.8, 4) is 0 Å². The van der Waals surface area contributed by atoms with Crippen LogP contribution in [0.5, 0.6) is 0 Å². The van der Waals surface area contributed by atoms with Gasteiger partial charge >= 0.3 is 17.1 Å². The molecule has 0 aliphatic rings. The summed E-state index contributed by atoms with van der Waals surface area (Å²) >= 11 is 0. The largest absolute Gasteiger partial charge is 3.00 e. The molecule has 0 aromatic rings. The van der Waals surface area contributed by atoms with Gasteiger partial charge in [0, 0.05) is 4.96 Å². The zero-order valence-corrected chi connectivity index (χ0v) is 5.33. The van der Waals surface area contributed by atoms with Crippen molar-refractivity contribution in [2.75, 3.05) is 0 Å². The van der Waals surface area contributed by atoms with Crippen molar-refractivity contribution >= 4 is 8.25 Å². The van der Waals surface area contributed by atoms with E-state index in [0.717, 1.165) is 0 Å². The molecule has 0 aliphatic carbocycles. The van der Waals surface area contributed by atoms with Crippen LogP contribution in [0.1, 0.15) is 0 Å². The Morgan fingerprint density at radius 2 is 1.25 bits per heavy atom. The normalized spacial score (nSPS) is 3.75. The predicted molar refractivity (Wildman–Crippen MR) is 14.8 cm³/mol. The summed E-state index contributed by atoms with van der Waals surface area (Å²) < 4.78 is 8.48. The summed E-state index contributed by atoms with van der Waals surface area (Å²) in [5, 5.41) is 0. The van der Waals surface area contributed by atoms with Crippen LogP contribution in [0.3, 0.4) is 0 Å². The first-order valence-corrected chi connectivity index (χ1v) is 1.83. The van der Waals surface area contributed by atoms with Crippen molar-refractivity contribution in [2.45, 2.75) is 0 Å². The Morgan fingerprint density at radius 3 is 1.25 bits per heavy atom. The molecule has 0 spiro atoms. The first-order valence-electron chi connectivity index (χ1n) is 0.730. The van der Waals surface area contributed by atoms with E-state index < -0.39 is 8.25 Å². The second-order valence-electron chi connectivity index (χ2n) is 0.224. The molecule has 0 heterocycles. The average Bonchev–Trinajstić information content (AvgIpc) is 1.41. The molecule has 0 aromatic heterocycles. The SMILES string of the molecule is O=[OH+].O=[P+]([O-])[O-].[Fe+3].[OH-]. The van der Waals surface area contributed by atoms with Crippen molar-refractivity contribution < 1.29 is 41.9 Å². The van der Waals surface area contributed by atoms with Crippen molar-refractivity contribution in [2.24, 2.45) is 0 Å².